The molecule has 0 aromatic heterocycles. The van der Waals surface area contributed by atoms with Crippen LogP contribution in [0.2, 0.25) is 0 Å². The normalized spacial score (nSPS) is 32.2. The number of hydrogen-bond donors (Lipinski definition) is 0. The Labute approximate surface area is 116 Å². The van der Waals surface area contributed by atoms with Crippen LogP contribution in [0.4, 0.5) is 0 Å². The average Bonchev–Trinajstić information content (AvgIpc) is 3.02. The van der Waals surface area contributed by atoms with Gasteiger partial charge in [0, 0.05) is 31.9 Å². The predicted molar refractivity (Wildman–Crippen MR) is 74.8 cm³/mol. The molecule has 0 aromatic carbocycles. The Balaban J connectivity index is 1.60. The van der Waals surface area contributed by atoms with Crippen molar-refractivity contribution < 1.29 is 9.53 Å². The molecule has 3 heteroatoms. The van der Waals surface area contributed by atoms with Gasteiger partial charge in [-0.3, -0.25) is 4.79 Å². The zero-order chi connectivity index (χ0) is 13.1. The summed E-state index contributed by atoms with van der Waals surface area (Å²) in [5, 5.41) is 0. The number of carbonyl (C=O) groups excluding carboxylic acids is 1. The van der Waals surface area contributed by atoms with Crippen molar-refractivity contribution in [3.05, 3.63) is 11.6 Å². The molecule has 0 N–H and O–H groups in total. The number of piperidine rings is 1. The van der Waals surface area contributed by atoms with Crippen molar-refractivity contribution in [2.45, 2.75) is 44.9 Å². The summed E-state index contributed by atoms with van der Waals surface area (Å²) < 4.78 is 5.51. The van der Waals surface area contributed by atoms with Gasteiger partial charge in [0.2, 0.25) is 5.91 Å². The first-order valence-corrected chi connectivity index (χ1v) is 7.90. The third kappa shape index (κ3) is 3.02. The van der Waals surface area contributed by atoms with Crippen LogP contribution in [0.3, 0.4) is 0 Å². The van der Waals surface area contributed by atoms with E-state index >= 15 is 0 Å². The SMILES string of the molecule is O=C(C1=CCCCC1)N1CCCC(C2CCOC2)C1. The van der Waals surface area contributed by atoms with Crippen molar-refractivity contribution in [1.82, 2.24) is 4.90 Å². The fourth-order valence-electron chi connectivity index (χ4n) is 3.74. The summed E-state index contributed by atoms with van der Waals surface area (Å²) in [6, 6.07) is 0. The summed E-state index contributed by atoms with van der Waals surface area (Å²) >= 11 is 0. The van der Waals surface area contributed by atoms with Gasteiger partial charge in [-0.25, -0.2) is 0 Å². The standard InChI is InChI=1S/C16H25NO2/c18-16(13-5-2-1-3-6-13)17-9-4-7-14(11-17)15-8-10-19-12-15/h5,14-15H,1-4,6-12H2. The summed E-state index contributed by atoms with van der Waals surface area (Å²) in [5.41, 5.74) is 1.08. The monoisotopic (exact) mass is 263 g/mol. The van der Waals surface area contributed by atoms with Gasteiger partial charge in [-0.1, -0.05) is 6.08 Å². The molecule has 2 saturated heterocycles. The smallest absolute Gasteiger partial charge is 0.249 e. The molecule has 0 saturated carbocycles. The van der Waals surface area contributed by atoms with Crippen LogP contribution in [-0.4, -0.2) is 37.1 Å². The molecule has 2 fully saturated rings. The van der Waals surface area contributed by atoms with Crippen LogP contribution in [0.25, 0.3) is 0 Å². The molecule has 0 radical (unpaired) electrons. The Morgan fingerprint density at radius 3 is 2.89 bits per heavy atom. The Bertz CT molecular complexity index is 358. The van der Waals surface area contributed by atoms with Gasteiger partial charge in [0.15, 0.2) is 0 Å². The molecule has 1 aliphatic carbocycles. The van der Waals surface area contributed by atoms with Crippen LogP contribution in [0.1, 0.15) is 44.9 Å². The van der Waals surface area contributed by atoms with E-state index in [1.165, 1.54) is 32.1 Å². The molecule has 19 heavy (non-hydrogen) atoms. The average molecular weight is 263 g/mol. The highest BCUT2D eigenvalue weighted by atomic mass is 16.5. The molecule has 3 rings (SSSR count). The summed E-state index contributed by atoms with van der Waals surface area (Å²) in [4.78, 5) is 14.7. The van der Waals surface area contributed by atoms with Crippen LogP contribution in [0.15, 0.2) is 11.6 Å². The minimum atomic E-state index is 0.323. The number of rotatable bonds is 2. The molecule has 0 aromatic rings. The van der Waals surface area contributed by atoms with Gasteiger partial charge in [-0.15, -0.1) is 0 Å². The third-order valence-electron chi connectivity index (χ3n) is 4.94. The Morgan fingerprint density at radius 2 is 2.16 bits per heavy atom. The molecule has 0 spiro atoms. The van der Waals surface area contributed by atoms with Crippen LogP contribution < -0.4 is 0 Å². The molecular formula is C16H25NO2. The zero-order valence-corrected chi connectivity index (χ0v) is 11.8. The van der Waals surface area contributed by atoms with E-state index in [2.05, 4.69) is 11.0 Å². The maximum atomic E-state index is 12.5. The number of allylic oxidation sites excluding steroid dienone is 1. The number of ether oxygens (including phenoxy) is 1. The molecular weight excluding hydrogens is 238 g/mol. The zero-order valence-electron chi connectivity index (χ0n) is 11.8. The fraction of sp³-hybridized carbons (Fsp3) is 0.812. The molecule has 2 atom stereocenters. The maximum absolute atomic E-state index is 12.5. The van der Waals surface area contributed by atoms with Gasteiger partial charge < -0.3 is 9.64 Å². The van der Waals surface area contributed by atoms with Crippen LogP contribution >= 0.6 is 0 Å². The Morgan fingerprint density at radius 1 is 1.21 bits per heavy atom. The second kappa shape index (κ2) is 6.08. The second-order valence-corrected chi connectivity index (χ2v) is 6.25. The molecule has 0 bridgehead atoms. The second-order valence-electron chi connectivity index (χ2n) is 6.25. The lowest BCUT2D eigenvalue weighted by Gasteiger charge is -2.36. The van der Waals surface area contributed by atoms with E-state index in [1.54, 1.807) is 0 Å². The summed E-state index contributed by atoms with van der Waals surface area (Å²) in [6.45, 7) is 3.75. The highest BCUT2D eigenvalue weighted by Crippen LogP contribution is 2.31. The number of carbonyl (C=O) groups is 1. The predicted octanol–water partition coefficient (Wildman–Crippen LogP) is 2.76. The van der Waals surface area contributed by atoms with E-state index in [9.17, 15) is 4.79 Å². The Kier molecular flexibility index (Phi) is 4.21. The minimum Gasteiger partial charge on any atom is -0.381 e. The molecule has 2 unspecified atom stereocenters. The molecule has 106 valence electrons. The topological polar surface area (TPSA) is 29.5 Å². The van der Waals surface area contributed by atoms with Gasteiger partial charge in [-0.2, -0.15) is 0 Å². The molecule has 2 aliphatic heterocycles. The fourth-order valence-corrected chi connectivity index (χ4v) is 3.74. The van der Waals surface area contributed by atoms with Crippen molar-refractivity contribution in [2.24, 2.45) is 11.8 Å². The van der Waals surface area contributed by atoms with E-state index in [4.69, 9.17) is 4.74 Å². The quantitative estimate of drug-likeness (QED) is 0.766. The molecule has 2 heterocycles. The van der Waals surface area contributed by atoms with Crippen molar-refractivity contribution >= 4 is 5.91 Å². The lowest BCUT2D eigenvalue weighted by molar-refractivity contribution is -0.129. The number of nitrogens with zero attached hydrogens (tertiary/aromatic N) is 1. The van der Waals surface area contributed by atoms with E-state index in [-0.39, 0.29) is 0 Å². The lowest BCUT2D eigenvalue weighted by Crippen LogP contribution is -2.43. The molecule has 3 aliphatic rings. The van der Waals surface area contributed by atoms with Gasteiger partial charge in [0.05, 0.1) is 0 Å². The van der Waals surface area contributed by atoms with Crippen molar-refractivity contribution in [3.8, 4) is 0 Å². The molecule has 3 nitrogen and oxygen atoms in total. The summed E-state index contributed by atoms with van der Waals surface area (Å²) in [7, 11) is 0. The van der Waals surface area contributed by atoms with Crippen molar-refractivity contribution in [2.75, 3.05) is 26.3 Å². The van der Waals surface area contributed by atoms with E-state index in [1.807, 2.05) is 0 Å². The van der Waals surface area contributed by atoms with Gasteiger partial charge in [0.1, 0.15) is 0 Å². The summed E-state index contributed by atoms with van der Waals surface area (Å²) in [6.07, 6.45) is 10.3. The number of hydrogen-bond acceptors (Lipinski definition) is 2. The Hall–Kier alpha value is -0.830. The van der Waals surface area contributed by atoms with Crippen molar-refractivity contribution in [1.29, 1.82) is 0 Å². The first-order valence-electron chi connectivity index (χ1n) is 7.90. The van der Waals surface area contributed by atoms with E-state index < -0.39 is 0 Å². The lowest BCUT2D eigenvalue weighted by atomic mass is 9.84. The third-order valence-corrected chi connectivity index (χ3v) is 4.94. The van der Waals surface area contributed by atoms with Crippen molar-refractivity contribution in [3.63, 3.8) is 0 Å². The number of likely N-dealkylation sites (tertiary alicyclic amines) is 1. The summed E-state index contributed by atoms with van der Waals surface area (Å²) in [5.74, 6) is 1.68. The number of amides is 1. The van der Waals surface area contributed by atoms with E-state index in [0.29, 0.717) is 17.7 Å². The first kappa shape index (κ1) is 13.2. The largest absolute Gasteiger partial charge is 0.381 e. The minimum absolute atomic E-state index is 0.323. The van der Waals surface area contributed by atoms with Gasteiger partial charge in [-0.05, 0) is 56.8 Å². The molecule has 1 amide bonds. The van der Waals surface area contributed by atoms with Gasteiger partial charge >= 0.3 is 0 Å². The van der Waals surface area contributed by atoms with Crippen LogP contribution in [0, 0.1) is 11.8 Å². The van der Waals surface area contributed by atoms with E-state index in [0.717, 1.165) is 44.7 Å². The first-order chi connectivity index (χ1) is 9.34. The van der Waals surface area contributed by atoms with Gasteiger partial charge in [0.25, 0.3) is 0 Å². The van der Waals surface area contributed by atoms with Crippen LogP contribution in [-0.2, 0) is 9.53 Å². The van der Waals surface area contributed by atoms with Crippen LogP contribution in [0.5, 0.6) is 0 Å². The highest BCUT2D eigenvalue weighted by Gasteiger charge is 2.32. The maximum Gasteiger partial charge on any atom is 0.249 e. The highest BCUT2D eigenvalue weighted by molar-refractivity contribution is 5.93.